The van der Waals surface area contributed by atoms with Crippen LogP contribution >= 0.6 is 11.6 Å². The molecule has 0 spiro atoms. The Labute approximate surface area is 156 Å². The average molecular weight is 370 g/mol. The van der Waals surface area contributed by atoms with Gasteiger partial charge in [-0.2, -0.15) is 0 Å². The van der Waals surface area contributed by atoms with Crippen molar-refractivity contribution in [2.24, 2.45) is 0 Å². The molecule has 0 saturated heterocycles. The number of carbonyl (C=O) groups excluding carboxylic acids is 1. The first-order valence-electron chi connectivity index (χ1n) is 8.55. The Morgan fingerprint density at radius 1 is 1.19 bits per heavy atom. The molecular weight excluding hydrogens is 350 g/mol. The first-order valence-corrected chi connectivity index (χ1v) is 8.93. The second-order valence-electron chi connectivity index (χ2n) is 6.22. The Morgan fingerprint density at radius 2 is 1.92 bits per heavy atom. The lowest BCUT2D eigenvalue weighted by Gasteiger charge is -2.14. The Morgan fingerprint density at radius 3 is 2.69 bits per heavy atom. The Bertz CT molecular complexity index is 967. The Kier molecular flexibility index (Phi) is 5.68. The van der Waals surface area contributed by atoms with Crippen LogP contribution in [-0.4, -0.2) is 15.9 Å². The summed E-state index contributed by atoms with van der Waals surface area (Å²) in [5, 5.41) is 4.21. The van der Waals surface area contributed by atoms with Crippen molar-refractivity contribution < 1.29 is 4.79 Å². The van der Waals surface area contributed by atoms with Crippen LogP contribution in [0.3, 0.4) is 0 Å². The first-order chi connectivity index (χ1) is 12.5. The zero-order valence-corrected chi connectivity index (χ0v) is 15.2. The summed E-state index contributed by atoms with van der Waals surface area (Å²) in [7, 11) is 0. The largest absolute Gasteiger partial charge is 0.350 e. The fourth-order valence-electron chi connectivity index (χ4n) is 2.82. The molecule has 1 heterocycles. The molecule has 0 fully saturated rings. The van der Waals surface area contributed by atoms with Gasteiger partial charge in [0.15, 0.2) is 0 Å². The number of nitrogens with zero attached hydrogens (tertiary/aromatic N) is 1. The zero-order chi connectivity index (χ0) is 18.5. The van der Waals surface area contributed by atoms with Crippen LogP contribution in [0.15, 0.2) is 53.3 Å². The molecule has 0 aliphatic rings. The van der Waals surface area contributed by atoms with Crippen molar-refractivity contribution in [3.05, 3.63) is 75.3 Å². The van der Waals surface area contributed by atoms with Crippen LogP contribution in [0.2, 0.25) is 5.02 Å². The van der Waals surface area contributed by atoms with Gasteiger partial charge in [-0.05, 0) is 43.2 Å². The number of halogens is 1. The van der Waals surface area contributed by atoms with Gasteiger partial charge in [0.2, 0.25) is 5.91 Å². The fourth-order valence-corrected chi connectivity index (χ4v) is 2.94. The maximum absolute atomic E-state index is 12.1. The number of para-hydroxylation sites is 1. The summed E-state index contributed by atoms with van der Waals surface area (Å²) < 4.78 is 0. The Balaban J connectivity index is 1.53. The van der Waals surface area contributed by atoms with E-state index in [1.807, 2.05) is 37.3 Å². The molecule has 0 radical (unpaired) electrons. The molecule has 5 nitrogen and oxygen atoms in total. The summed E-state index contributed by atoms with van der Waals surface area (Å²) in [6, 6.07) is 14.6. The van der Waals surface area contributed by atoms with Gasteiger partial charge in [0.25, 0.3) is 5.56 Å². The highest BCUT2D eigenvalue weighted by molar-refractivity contribution is 6.30. The minimum Gasteiger partial charge on any atom is -0.350 e. The lowest BCUT2D eigenvalue weighted by molar-refractivity contribution is -0.121. The Hall–Kier alpha value is -2.66. The number of nitrogens with one attached hydrogen (secondary N) is 2. The lowest BCUT2D eigenvalue weighted by atomic mass is 10.1. The SMILES string of the molecule is C[C@@H](NC(=O)CCCc1nc2ccccc2c(=O)[nH]1)c1ccc(Cl)cc1. The molecular formula is C20H20ClN3O2. The summed E-state index contributed by atoms with van der Waals surface area (Å²) in [6.45, 7) is 1.93. The van der Waals surface area contributed by atoms with E-state index < -0.39 is 0 Å². The summed E-state index contributed by atoms with van der Waals surface area (Å²) in [5.74, 6) is 0.572. The van der Waals surface area contributed by atoms with E-state index in [0.717, 1.165) is 5.56 Å². The predicted octanol–water partition coefficient (Wildman–Crippen LogP) is 3.78. The third-order valence-corrected chi connectivity index (χ3v) is 4.48. The number of amides is 1. The summed E-state index contributed by atoms with van der Waals surface area (Å²) in [5.41, 5.74) is 1.53. The van der Waals surface area contributed by atoms with Crippen molar-refractivity contribution in [1.82, 2.24) is 15.3 Å². The van der Waals surface area contributed by atoms with Gasteiger partial charge < -0.3 is 10.3 Å². The number of benzene rings is 2. The van der Waals surface area contributed by atoms with Crippen LogP contribution in [0.5, 0.6) is 0 Å². The molecule has 134 valence electrons. The number of hydrogen-bond donors (Lipinski definition) is 2. The summed E-state index contributed by atoms with van der Waals surface area (Å²) >= 11 is 5.88. The van der Waals surface area contributed by atoms with Crippen molar-refractivity contribution in [1.29, 1.82) is 0 Å². The molecule has 2 N–H and O–H groups in total. The van der Waals surface area contributed by atoms with E-state index in [-0.39, 0.29) is 17.5 Å². The van der Waals surface area contributed by atoms with Gasteiger partial charge in [-0.25, -0.2) is 4.98 Å². The van der Waals surface area contributed by atoms with E-state index in [4.69, 9.17) is 11.6 Å². The lowest BCUT2D eigenvalue weighted by Crippen LogP contribution is -2.26. The van der Waals surface area contributed by atoms with Gasteiger partial charge in [0.1, 0.15) is 5.82 Å². The third-order valence-electron chi connectivity index (χ3n) is 4.23. The van der Waals surface area contributed by atoms with Crippen LogP contribution in [0.25, 0.3) is 10.9 Å². The summed E-state index contributed by atoms with van der Waals surface area (Å²) in [6.07, 6.45) is 1.53. The van der Waals surface area contributed by atoms with Crippen LogP contribution in [-0.2, 0) is 11.2 Å². The van der Waals surface area contributed by atoms with Crippen molar-refractivity contribution in [2.45, 2.75) is 32.2 Å². The van der Waals surface area contributed by atoms with Gasteiger partial charge in [0.05, 0.1) is 16.9 Å². The number of H-pyrrole nitrogens is 1. The standard InChI is InChI=1S/C20H20ClN3O2/c1-13(14-9-11-15(21)12-10-14)22-19(25)8-4-7-18-23-17-6-3-2-5-16(17)20(26)24-18/h2-3,5-6,9-13H,4,7-8H2,1H3,(H,22,25)(H,23,24,26)/t13-/m1/s1. The molecule has 1 atom stereocenters. The number of carbonyl (C=O) groups is 1. The number of aromatic nitrogens is 2. The third kappa shape index (κ3) is 4.49. The molecule has 3 rings (SSSR count). The van der Waals surface area contributed by atoms with Gasteiger partial charge in [-0.3, -0.25) is 9.59 Å². The van der Waals surface area contributed by atoms with E-state index in [0.29, 0.717) is 41.0 Å². The normalized spacial score (nSPS) is 12.1. The first kappa shape index (κ1) is 18.1. The molecule has 26 heavy (non-hydrogen) atoms. The minimum atomic E-state index is -0.147. The topological polar surface area (TPSA) is 74.8 Å². The molecule has 0 aliphatic carbocycles. The number of rotatable bonds is 6. The van der Waals surface area contributed by atoms with Crippen molar-refractivity contribution >= 4 is 28.4 Å². The van der Waals surface area contributed by atoms with E-state index in [2.05, 4.69) is 15.3 Å². The van der Waals surface area contributed by atoms with E-state index in [9.17, 15) is 9.59 Å². The quantitative estimate of drug-likeness (QED) is 0.694. The maximum Gasteiger partial charge on any atom is 0.258 e. The predicted molar refractivity (Wildman–Crippen MR) is 103 cm³/mol. The van der Waals surface area contributed by atoms with Crippen molar-refractivity contribution in [3.63, 3.8) is 0 Å². The molecule has 0 aliphatic heterocycles. The minimum absolute atomic E-state index is 0.0319. The highest BCUT2D eigenvalue weighted by atomic mass is 35.5. The number of fused-ring (bicyclic) bond motifs is 1. The number of aryl methyl sites for hydroxylation is 1. The van der Waals surface area contributed by atoms with E-state index >= 15 is 0 Å². The average Bonchev–Trinajstić information content (AvgIpc) is 2.62. The van der Waals surface area contributed by atoms with Crippen LogP contribution < -0.4 is 10.9 Å². The van der Waals surface area contributed by atoms with Crippen LogP contribution in [0.4, 0.5) is 0 Å². The smallest absolute Gasteiger partial charge is 0.258 e. The highest BCUT2D eigenvalue weighted by Crippen LogP contribution is 2.16. The van der Waals surface area contributed by atoms with E-state index in [1.165, 1.54) is 0 Å². The second kappa shape index (κ2) is 8.15. The van der Waals surface area contributed by atoms with E-state index in [1.54, 1.807) is 18.2 Å². The molecule has 2 aromatic carbocycles. The maximum atomic E-state index is 12.1. The molecule has 3 aromatic rings. The van der Waals surface area contributed by atoms with Gasteiger partial charge in [-0.1, -0.05) is 35.9 Å². The molecule has 6 heteroatoms. The highest BCUT2D eigenvalue weighted by Gasteiger charge is 2.10. The molecule has 0 unspecified atom stereocenters. The van der Waals surface area contributed by atoms with Crippen molar-refractivity contribution in [2.75, 3.05) is 0 Å². The number of aromatic amines is 1. The molecule has 1 amide bonds. The molecule has 1 aromatic heterocycles. The molecule has 0 bridgehead atoms. The zero-order valence-electron chi connectivity index (χ0n) is 14.5. The van der Waals surface area contributed by atoms with Gasteiger partial charge in [0, 0.05) is 17.9 Å². The van der Waals surface area contributed by atoms with Gasteiger partial charge in [-0.15, -0.1) is 0 Å². The van der Waals surface area contributed by atoms with Crippen LogP contribution in [0.1, 0.15) is 37.2 Å². The second-order valence-corrected chi connectivity index (χ2v) is 6.66. The monoisotopic (exact) mass is 369 g/mol. The van der Waals surface area contributed by atoms with Crippen molar-refractivity contribution in [3.8, 4) is 0 Å². The summed E-state index contributed by atoms with van der Waals surface area (Å²) in [4.78, 5) is 31.4. The fraction of sp³-hybridized carbons (Fsp3) is 0.250. The number of hydrogen-bond acceptors (Lipinski definition) is 3. The van der Waals surface area contributed by atoms with Crippen LogP contribution in [0, 0.1) is 0 Å². The molecule has 0 saturated carbocycles. The van der Waals surface area contributed by atoms with Gasteiger partial charge >= 0.3 is 0 Å².